The monoisotopic (exact) mass is 431 g/mol. The largest absolute Gasteiger partial charge is 0.461 e. The molecule has 1 unspecified atom stereocenters. The zero-order valence-electron chi connectivity index (χ0n) is 17.1. The maximum atomic E-state index is 13.1. The van der Waals surface area contributed by atoms with E-state index in [0.717, 1.165) is 22.3 Å². The number of amides is 2. The van der Waals surface area contributed by atoms with E-state index >= 15 is 0 Å². The first-order chi connectivity index (χ1) is 14.3. The van der Waals surface area contributed by atoms with Crippen LogP contribution in [0.2, 0.25) is 0 Å². The van der Waals surface area contributed by atoms with Gasteiger partial charge in [-0.1, -0.05) is 25.1 Å². The van der Waals surface area contributed by atoms with Crippen molar-refractivity contribution in [3.63, 3.8) is 0 Å². The second-order valence-corrected chi connectivity index (χ2v) is 10.1. The molecule has 1 saturated heterocycles. The van der Waals surface area contributed by atoms with Crippen LogP contribution in [0.5, 0.6) is 0 Å². The summed E-state index contributed by atoms with van der Waals surface area (Å²) in [4.78, 5) is 26.9. The number of carbonyl (C=O) groups excluding carboxylic acids is 2. The van der Waals surface area contributed by atoms with E-state index in [9.17, 15) is 18.0 Å². The minimum atomic E-state index is -3.15. The molecule has 3 heterocycles. The van der Waals surface area contributed by atoms with Crippen LogP contribution < -0.4 is 0 Å². The van der Waals surface area contributed by atoms with E-state index in [1.807, 2.05) is 31.2 Å². The molecule has 0 bridgehead atoms. The molecule has 1 aromatic heterocycles. The Labute approximate surface area is 175 Å². The second kappa shape index (κ2) is 7.86. The number of benzene rings is 1. The maximum Gasteiger partial charge on any atom is 0.270 e. The van der Waals surface area contributed by atoms with E-state index in [1.54, 1.807) is 11.9 Å². The average molecular weight is 432 g/mol. The van der Waals surface area contributed by atoms with Crippen molar-refractivity contribution in [3.05, 3.63) is 35.6 Å². The fourth-order valence-corrected chi connectivity index (χ4v) is 5.81. The van der Waals surface area contributed by atoms with Crippen LogP contribution in [0.4, 0.5) is 0 Å². The standard InChI is InChI=1S/C21H25N3O5S/c1-3-18-16(15-6-4-5-7-19(15)29-18)12-23(2)21(26)17-8-9-20(25)24(22-17)14-10-11-30(27,28)13-14/h4-7,14H,3,8-13H2,1-2H3. The van der Waals surface area contributed by atoms with Crippen LogP contribution in [0.3, 0.4) is 0 Å². The fraction of sp³-hybridized carbons (Fsp3) is 0.476. The van der Waals surface area contributed by atoms with Crippen molar-refractivity contribution in [1.29, 1.82) is 0 Å². The summed E-state index contributed by atoms with van der Waals surface area (Å²) in [6.45, 7) is 2.37. The molecule has 30 heavy (non-hydrogen) atoms. The van der Waals surface area contributed by atoms with Crippen molar-refractivity contribution in [2.24, 2.45) is 5.10 Å². The highest BCUT2D eigenvalue weighted by molar-refractivity contribution is 7.91. The van der Waals surface area contributed by atoms with E-state index in [-0.39, 0.29) is 41.9 Å². The normalized spacial score (nSPS) is 21.1. The van der Waals surface area contributed by atoms with Gasteiger partial charge in [0.1, 0.15) is 17.1 Å². The van der Waals surface area contributed by atoms with Gasteiger partial charge in [-0.15, -0.1) is 0 Å². The molecule has 8 nitrogen and oxygen atoms in total. The lowest BCUT2D eigenvalue weighted by Crippen LogP contribution is -2.44. The van der Waals surface area contributed by atoms with Crippen molar-refractivity contribution in [2.75, 3.05) is 18.6 Å². The molecule has 4 rings (SSSR count). The molecule has 0 spiro atoms. The Hall–Kier alpha value is -2.68. The molecule has 2 aliphatic rings. The van der Waals surface area contributed by atoms with Crippen molar-refractivity contribution >= 4 is 38.3 Å². The number of aryl methyl sites for hydroxylation is 1. The first-order valence-electron chi connectivity index (χ1n) is 10.1. The van der Waals surface area contributed by atoms with Gasteiger partial charge in [-0.25, -0.2) is 13.4 Å². The van der Waals surface area contributed by atoms with E-state index in [1.165, 1.54) is 5.01 Å². The third-order valence-electron chi connectivity index (χ3n) is 5.71. The third-order valence-corrected chi connectivity index (χ3v) is 7.46. The molecule has 2 amide bonds. The Morgan fingerprint density at radius 3 is 2.77 bits per heavy atom. The molecule has 160 valence electrons. The average Bonchev–Trinajstić information content (AvgIpc) is 3.27. The summed E-state index contributed by atoms with van der Waals surface area (Å²) in [5, 5.41) is 6.49. The molecule has 0 radical (unpaired) electrons. The lowest BCUT2D eigenvalue weighted by atomic mass is 10.1. The van der Waals surface area contributed by atoms with Gasteiger partial charge < -0.3 is 9.32 Å². The summed E-state index contributed by atoms with van der Waals surface area (Å²) in [6, 6.07) is 7.25. The quantitative estimate of drug-likeness (QED) is 0.722. The zero-order valence-corrected chi connectivity index (χ0v) is 17.9. The van der Waals surface area contributed by atoms with E-state index in [2.05, 4.69) is 5.10 Å². The highest BCUT2D eigenvalue weighted by atomic mass is 32.2. The van der Waals surface area contributed by atoms with Gasteiger partial charge in [-0.05, 0) is 12.5 Å². The minimum absolute atomic E-state index is 0.0491. The van der Waals surface area contributed by atoms with Crippen molar-refractivity contribution in [3.8, 4) is 0 Å². The van der Waals surface area contributed by atoms with E-state index in [0.29, 0.717) is 19.4 Å². The van der Waals surface area contributed by atoms with Crippen LogP contribution in [-0.2, 0) is 32.4 Å². The molecule has 2 aliphatic heterocycles. The molecule has 0 saturated carbocycles. The summed E-state index contributed by atoms with van der Waals surface area (Å²) < 4.78 is 29.5. The number of sulfone groups is 1. The fourth-order valence-electron chi connectivity index (χ4n) is 4.12. The summed E-state index contributed by atoms with van der Waals surface area (Å²) in [5.74, 6) is 0.300. The minimum Gasteiger partial charge on any atom is -0.461 e. The number of fused-ring (bicyclic) bond motifs is 1. The number of hydrogen-bond acceptors (Lipinski definition) is 6. The van der Waals surface area contributed by atoms with Crippen molar-refractivity contribution in [2.45, 2.75) is 45.2 Å². The number of nitrogens with zero attached hydrogens (tertiary/aromatic N) is 3. The van der Waals surface area contributed by atoms with Gasteiger partial charge in [0, 0.05) is 43.8 Å². The number of hydrazone groups is 1. The Morgan fingerprint density at radius 1 is 1.30 bits per heavy atom. The Balaban J connectivity index is 1.55. The van der Waals surface area contributed by atoms with Crippen LogP contribution in [0.25, 0.3) is 11.0 Å². The van der Waals surface area contributed by atoms with Crippen molar-refractivity contribution in [1.82, 2.24) is 9.91 Å². The number of hydrogen-bond donors (Lipinski definition) is 0. The van der Waals surface area contributed by atoms with Crippen molar-refractivity contribution < 1.29 is 22.4 Å². The zero-order chi connectivity index (χ0) is 21.5. The Morgan fingerprint density at radius 2 is 2.07 bits per heavy atom. The number of rotatable bonds is 5. The molecule has 0 aliphatic carbocycles. The lowest BCUT2D eigenvalue weighted by Gasteiger charge is -2.29. The highest BCUT2D eigenvalue weighted by Crippen LogP contribution is 2.28. The van der Waals surface area contributed by atoms with Crippen LogP contribution >= 0.6 is 0 Å². The van der Waals surface area contributed by atoms with Crippen LogP contribution in [0.15, 0.2) is 33.8 Å². The van der Waals surface area contributed by atoms with Crippen LogP contribution in [0.1, 0.15) is 37.5 Å². The molecule has 1 fully saturated rings. The van der Waals surface area contributed by atoms with E-state index < -0.39 is 15.9 Å². The van der Waals surface area contributed by atoms with E-state index in [4.69, 9.17) is 4.42 Å². The van der Waals surface area contributed by atoms with Gasteiger partial charge in [0.25, 0.3) is 5.91 Å². The molecule has 1 aromatic carbocycles. The maximum absolute atomic E-state index is 13.1. The van der Waals surface area contributed by atoms with Gasteiger partial charge in [0.15, 0.2) is 9.84 Å². The molecule has 1 atom stereocenters. The number of furan rings is 1. The molecular weight excluding hydrogens is 406 g/mol. The summed E-state index contributed by atoms with van der Waals surface area (Å²) in [6.07, 6.45) is 1.48. The van der Waals surface area contributed by atoms with Gasteiger partial charge in [0.2, 0.25) is 5.91 Å². The third kappa shape index (κ3) is 3.86. The van der Waals surface area contributed by atoms with Crippen LogP contribution in [-0.4, -0.2) is 60.4 Å². The Bertz CT molecular complexity index is 1130. The predicted molar refractivity (Wildman–Crippen MR) is 113 cm³/mol. The topological polar surface area (TPSA) is 100 Å². The first-order valence-corrected chi connectivity index (χ1v) is 12.0. The van der Waals surface area contributed by atoms with Gasteiger partial charge in [-0.2, -0.15) is 5.10 Å². The number of carbonyl (C=O) groups is 2. The summed E-state index contributed by atoms with van der Waals surface area (Å²) in [7, 11) is -1.45. The summed E-state index contributed by atoms with van der Waals surface area (Å²) in [5.41, 5.74) is 2.04. The second-order valence-electron chi connectivity index (χ2n) is 7.86. The summed E-state index contributed by atoms with van der Waals surface area (Å²) >= 11 is 0. The van der Waals surface area contributed by atoms with Gasteiger partial charge in [0.05, 0.1) is 17.5 Å². The van der Waals surface area contributed by atoms with Crippen LogP contribution in [0, 0.1) is 0 Å². The van der Waals surface area contributed by atoms with Gasteiger partial charge >= 0.3 is 0 Å². The molecule has 2 aromatic rings. The lowest BCUT2D eigenvalue weighted by molar-refractivity contribution is -0.134. The molecular formula is C21H25N3O5S. The first kappa shape index (κ1) is 20.6. The SMILES string of the molecule is CCc1oc2ccccc2c1CN(C)C(=O)C1=NN(C2CCS(=O)(=O)C2)C(=O)CC1. The highest BCUT2D eigenvalue weighted by Gasteiger charge is 2.37. The smallest absolute Gasteiger partial charge is 0.270 e. The molecule has 0 N–H and O–H groups in total. The number of para-hydroxylation sites is 1. The Kier molecular flexibility index (Phi) is 5.40. The predicted octanol–water partition coefficient (Wildman–Crippen LogP) is 2.12. The van der Waals surface area contributed by atoms with Gasteiger partial charge in [-0.3, -0.25) is 9.59 Å². The molecule has 9 heteroatoms.